The molecule has 6 nitrogen and oxygen atoms in total. The van der Waals surface area contributed by atoms with Crippen LogP contribution < -0.4 is 0 Å². The van der Waals surface area contributed by atoms with Crippen molar-refractivity contribution in [2.45, 2.75) is 29.4 Å². The van der Waals surface area contributed by atoms with Crippen LogP contribution in [0, 0.1) is 0 Å². The van der Waals surface area contributed by atoms with Crippen LogP contribution in [0.15, 0.2) is 65.8 Å². The lowest BCUT2D eigenvalue weighted by Crippen LogP contribution is -2.01. The monoisotopic (exact) mass is 376 g/mol. The van der Waals surface area contributed by atoms with Gasteiger partial charge in [-0.15, -0.1) is 0 Å². The summed E-state index contributed by atoms with van der Waals surface area (Å²) in [5, 5.41) is 0. The molecule has 1 aliphatic rings. The Balaban J connectivity index is 2.06. The van der Waals surface area contributed by atoms with Crippen LogP contribution in [0.2, 0.25) is 0 Å². The van der Waals surface area contributed by atoms with Crippen LogP contribution in [0.1, 0.15) is 0 Å². The minimum atomic E-state index is -4.27. The lowest BCUT2D eigenvalue weighted by atomic mass is 10.3. The Morgan fingerprint density at radius 1 is 0.636 bits per heavy atom. The molecular weight excluding hydrogens is 368 g/mol. The molecule has 116 valence electrons. The first-order valence-electron chi connectivity index (χ1n) is 5.73. The number of hydrogen-bond donors (Lipinski definition) is 2. The van der Waals surface area contributed by atoms with Crippen molar-refractivity contribution in [3.63, 3.8) is 0 Å². The van der Waals surface area contributed by atoms with E-state index < -0.39 is 20.2 Å². The largest absolute Gasteiger partial charge is 0.294 e. The molecule has 22 heavy (non-hydrogen) atoms. The molecule has 0 aromatic heterocycles. The molecule has 2 aromatic carbocycles. The Hall–Kier alpha value is -1.04. The minimum Gasteiger partial charge on any atom is -0.282 e. The second kappa shape index (κ2) is 5.25. The molecule has 0 radical (unpaired) electrons. The summed E-state index contributed by atoms with van der Waals surface area (Å²) < 4.78 is 62.8. The summed E-state index contributed by atoms with van der Waals surface area (Å²) in [6.45, 7) is 0. The van der Waals surface area contributed by atoms with E-state index in [1.54, 1.807) is 12.1 Å². The molecule has 0 amide bonds. The maximum Gasteiger partial charge on any atom is 0.294 e. The van der Waals surface area contributed by atoms with Crippen molar-refractivity contribution in [3.05, 3.63) is 36.4 Å². The van der Waals surface area contributed by atoms with Crippen LogP contribution >= 0.6 is 23.5 Å². The Labute approximate surface area is 135 Å². The quantitative estimate of drug-likeness (QED) is 0.657. The first-order chi connectivity index (χ1) is 10.1. The van der Waals surface area contributed by atoms with Crippen molar-refractivity contribution in [1.29, 1.82) is 0 Å². The van der Waals surface area contributed by atoms with Crippen LogP contribution in [0.3, 0.4) is 0 Å². The summed E-state index contributed by atoms with van der Waals surface area (Å²) in [5.74, 6) is 0. The number of rotatable bonds is 2. The third-order valence-corrected chi connectivity index (χ3v) is 7.09. The highest BCUT2D eigenvalue weighted by Crippen LogP contribution is 2.49. The van der Waals surface area contributed by atoms with Gasteiger partial charge in [-0.3, -0.25) is 9.11 Å². The van der Waals surface area contributed by atoms with Crippen molar-refractivity contribution >= 4 is 43.8 Å². The van der Waals surface area contributed by atoms with Gasteiger partial charge in [0.2, 0.25) is 0 Å². The van der Waals surface area contributed by atoms with Gasteiger partial charge in [-0.1, -0.05) is 23.5 Å². The maximum atomic E-state index is 11.2. The van der Waals surface area contributed by atoms with Gasteiger partial charge in [0, 0.05) is 19.6 Å². The molecule has 0 saturated heterocycles. The van der Waals surface area contributed by atoms with Gasteiger partial charge < -0.3 is 0 Å². The highest BCUT2D eigenvalue weighted by Gasteiger charge is 2.22. The van der Waals surface area contributed by atoms with Crippen molar-refractivity contribution < 1.29 is 25.9 Å². The van der Waals surface area contributed by atoms with E-state index in [-0.39, 0.29) is 9.79 Å². The second-order valence-corrected chi connectivity index (χ2v) is 9.38. The third-order valence-electron chi connectivity index (χ3n) is 2.87. The number of hydrogen-bond acceptors (Lipinski definition) is 6. The fourth-order valence-electron chi connectivity index (χ4n) is 1.86. The third kappa shape index (κ3) is 3.03. The summed E-state index contributed by atoms with van der Waals surface area (Å²) in [4.78, 5) is 2.36. The van der Waals surface area contributed by atoms with Gasteiger partial charge in [0.15, 0.2) is 0 Å². The molecule has 0 bridgehead atoms. The molecule has 1 heterocycles. The predicted molar refractivity (Wildman–Crippen MR) is 80.8 cm³/mol. The van der Waals surface area contributed by atoms with Crippen molar-refractivity contribution in [1.82, 2.24) is 0 Å². The van der Waals surface area contributed by atoms with Gasteiger partial charge in [-0.25, -0.2) is 0 Å². The Morgan fingerprint density at radius 3 is 1.32 bits per heavy atom. The molecule has 0 atom stereocenters. The van der Waals surface area contributed by atoms with E-state index in [1.165, 1.54) is 47.8 Å². The van der Waals surface area contributed by atoms with Crippen LogP contribution in [0.25, 0.3) is 0 Å². The molecular formula is C12H8O6S4. The van der Waals surface area contributed by atoms with E-state index in [9.17, 15) is 16.8 Å². The molecule has 0 spiro atoms. The summed E-state index contributed by atoms with van der Waals surface area (Å²) in [6.07, 6.45) is 0. The van der Waals surface area contributed by atoms with Crippen molar-refractivity contribution in [2.24, 2.45) is 0 Å². The standard InChI is InChI=1S/C12H8O6S4/c13-21(14,15)7-1-3-9-11(5-7)20-10-4-2-8(22(16,17)18)6-12(10)19-9/h1-6H,(H,13,14,15)(H,16,17,18). The zero-order valence-corrected chi connectivity index (χ0v) is 13.9. The van der Waals surface area contributed by atoms with E-state index in [4.69, 9.17) is 9.11 Å². The summed E-state index contributed by atoms with van der Waals surface area (Å²) >= 11 is 2.52. The molecule has 0 aliphatic carbocycles. The summed E-state index contributed by atoms with van der Waals surface area (Å²) in [5.41, 5.74) is 0. The van der Waals surface area contributed by atoms with Gasteiger partial charge in [-0.2, -0.15) is 16.8 Å². The van der Waals surface area contributed by atoms with Gasteiger partial charge in [0.1, 0.15) is 0 Å². The number of fused-ring (bicyclic) bond motifs is 2. The second-order valence-electron chi connectivity index (χ2n) is 4.37. The molecule has 10 heteroatoms. The predicted octanol–water partition coefficient (Wildman–Crippen LogP) is 2.80. The summed E-state index contributed by atoms with van der Waals surface area (Å²) in [6, 6.07) is 8.36. The van der Waals surface area contributed by atoms with Crippen LogP contribution in [0.4, 0.5) is 0 Å². The summed E-state index contributed by atoms with van der Waals surface area (Å²) in [7, 11) is -8.55. The van der Waals surface area contributed by atoms with Crippen molar-refractivity contribution in [3.8, 4) is 0 Å². The van der Waals surface area contributed by atoms with Crippen LogP contribution in [-0.4, -0.2) is 25.9 Å². The highest BCUT2D eigenvalue weighted by atomic mass is 32.2. The minimum absolute atomic E-state index is 0.197. The van der Waals surface area contributed by atoms with Crippen molar-refractivity contribution in [2.75, 3.05) is 0 Å². The van der Waals surface area contributed by atoms with Gasteiger partial charge in [-0.05, 0) is 36.4 Å². The fraction of sp³-hybridized carbons (Fsp3) is 0. The smallest absolute Gasteiger partial charge is 0.282 e. The van der Waals surface area contributed by atoms with E-state index >= 15 is 0 Å². The lowest BCUT2D eigenvalue weighted by molar-refractivity contribution is 0.480. The van der Waals surface area contributed by atoms with Gasteiger partial charge in [0.05, 0.1) is 9.79 Å². The average molecular weight is 376 g/mol. The van der Waals surface area contributed by atoms with E-state index in [1.807, 2.05) is 0 Å². The molecule has 3 rings (SSSR count). The van der Waals surface area contributed by atoms with E-state index in [0.717, 1.165) is 9.79 Å². The topological polar surface area (TPSA) is 109 Å². The fourth-order valence-corrected chi connectivity index (χ4v) is 5.30. The first-order valence-corrected chi connectivity index (χ1v) is 10.2. The maximum absolute atomic E-state index is 11.2. The lowest BCUT2D eigenvalue weighted by Gasteiger charge is -2.19. The normalized spacial score (nSPS) is 14.3. The van der Waals surface area contributed by atoms with Gasteiger partial charge in [0.25, 0.3) is 20.2 Å². The first kappa shape index (κ1) is 15.8. The zero-order valence-electron chi connectivity index (χ0n) is 10.6. The highest BCUT2D eigenvalue weighted by molar-refractivity contribution is 8.05. The molecule has 0 fully saturated rings. The molecule has 0 saturated carbocycles. The molecule has 2 aromatic rings. The Bertz CT molecular complexity index is 897. The van der Waals surface area contributed by atoms with E-state index in [2.05, 4.69) is 0 Å². The molecule has 2 N–H and O–H groups in total. The molecule has 1 aliphatic heterocycles. The Kier molecular flexibility index (Phi) is 3.78. The van der Waals surface area contributed by atoms with Crippen LogP contribution in [-0.2, 0) is 20.2 Å². The molecule has 0 unspecified atom stereocenters. The van der Waals surface area contributed by atoms with E-state index in [0.29, 0.717) is 9.79 Å². The zero-order chi connectivity index (χ0) is 16.1. The SMILES string of the molecule is O=S(=O)(O)c1ccc2c(c1)Sc1ccc(S(=O)(=O)O)cc1S2. The average Bonchev–Trinajstić information content (AvgIpc) is 2.41. The van der Waals surface area contributed by atoms with Crippen LogP contribution in [0.5, 0.6) is 0 Å². The van der Waals surface area contributed by atoms with Gasteiger partial charge >= 0.3 is 0 Å². The number of benzene rings is 2. The Morgan fingerprint density at radius 2 is 1.00 bits per heavy atom.